The van der Waals surface area contributed by atoms with Crippen molar-refractivity contribution in [2.45, 2.75) is 39.8 Å². The number of thiocarbonyl (C=S) groups is 1. The van der Waals surface area contributed by atoms with E-state index in [1.54, 1.807) is 13.3 Å². The quantitative estimate of drug-likeness (QED) is 0.505. The number of rotatable bonds is 5. The monoisotopic (exact) mass is 464 g/mol. The topological polar surface area (TPSA) is 79.6 Å². The van der Waals surface area contributed by atoms with Gasteiger partial charge in [0.2, 0.25) is 5.91 Å². The molecule has 33 heavy (non-hydrogen) atoms. The number of methoxy groups -OCH3 is 1. The van der Waals surface area contributed by atoms with Crippen molar-refractivity contribution in [1.82, 2.24) is 10.3 Å². The Morgan fingerprint density at radius 3 is 2.61 bits per heavy atom. The lowest BCUT2D eigenvalue weighted by atomic mass is 9.95. The normalized spacial score (nSPS) is 18.2. The van der Waals surface area contributed by atoms with Crippen LogP contribution in [0.5, 0.6) is 5.75 Å². The van der Waals surface area contributed by atoms with E-state index in [4.69, 9.17) is 21.4 Å². The molecule has 1 aromatic carbocycles. The Balaban J connectivity index is 1.74. The molecule has 0 spiro atoms. The molecule has 2 aromatic heterocycles. The molecule has 4 rings (SSSR count). The zero-order valence-electron chi connectivity index (χ0n) is 19.4. The van der Waals surface area contributed by atoms with E-state index >= 15 is 0 Å². The maximum absolute atomic E-state index is 12.5. The fourth-order valence-electron chi connectivity index (χ4n) is 3.78. The van der Waals surface area contributed by atoms with Gasteiger partial charge in [0, 0.05) is 23.4 Å². The number of anilines is 2. The molecule has 1 fully saturated rings. The van der Waals surface area contributed by atoms with E-state index in [0.717, 1.165) is 22.9 Å². The number of ether oxygens (including phenoxy) is 1. The summed E-state index contributed by atoms with van der Waals surface area (Å²) in [6, 6.07) is 14.9. The van der Waals surface area contributed by atoms with E-state index in [1.807, 2.05) is 81.1 Å². The highest BCUT2D eigenvalue weighted by atomic mass is 32.1. The Kier molecular flexibility index (Phi) is 6.12. The van der Waals surface area contributed by atoms with Gasteiger partial charge in [-0.05, 0) is 55.5 Å². The largest absolute Gasteiger partial charge is 0.494 e. The van der Waals surface area contributed by atoms with Crippen molar-refractivity contribution in [3.05, 3.63) is 71.9 Å². The van der Waals surface area contributed by atoms with Gasteiger partial charge >= 0.3 is 0 Å². The molecular weight excluding hydrogens is 436 g/mol. The van der Waals surface area contributed by atoms with E-state index in [9.17, 15) is 4.79 Å². The molecule has 0 radical (unpaired) electrons. The number of benzene rings is 1. The van der Waals surface area contributed by atoms with Crippen molar-refractivity contribution in [2.24, 2.45) is 5.41 Å². The number of pyridine rings is 1. The van der Waals surface area contributed by atoms with Crippen LogP contribution in [-0.2, 0) is 4.79 Å². The Morgan fingerprint density at radius 1 is 1.21 bits per heavy atom. The molecule has 8 heteroatoms. The standard InChI is InChI=1S/C25H28N4O3S/c1-15-9-12-19(32-15)22-21(18-8-6-7-13-26-18)28-24(33)29(22)16-10-11-17(20(14-16)31-5)27-23(30)25(2,3)4/h6-14,21-22H,1-5H3,(H,27,30)(H,28,33)/t21-,22-/m0/s1. The molecule has 3 heterocycles. The molecule has 7 nitrogen and oxygen atoms in total. The number of nitrogens with zero attached hydrogens (tertiary/aromatic N) is 2. The first-order valence-corrected chi connectivity index (χ1v) is 11.2. The highest BCUT2D eigenvalue weighted by Crippen LogP contribution is 2.43. The van der Waals surface area contributed by atoms with Gasteiger partial charge < -0.3 is 24.7 Å². The van der Waals surface area contributed by atoms with E-state index in [0.29, 0.717) is 16.5 Å². The molecule has 1 aliphatic rings. The van der Waals surface area contributed by atoms with Crippen molar-refractivity contribution in [1.29, 1.82) is 0 Å². The molecule has 2 N–H and O–H groups in total. The summed E-state index contributed by atoms with van der Waals surface area (Å²) in [5.41, 5.74) is 1.76. The van der Waals surface area contributed by atoms with Gasteiger partial charge in [-0.1, -0.05) is 26.8 Å². The molecule has 1 aliphatic heterocycles. The van der Waals surface area contributed by atoms with Crippen LogP contribution in [0, 0.1) is 12.3 Å². The van der Waals surface area contributed by atoms with Gasteiger partial charge in [0.25, 0.3) is 0 Å². The number of nitrogens with one attached hydrogen (secondary N) is 2. The second kappa shape index (κ2) is 8.86. The summed E-state index contributed by atoms with van der Waals surface area (Å²) < 4.78 is 11.6. The second-order valence-corrected chi connectivity index (χ2v) is 9.42. The lowest BCUT2D eigenvalue weighted by Crippen LogP contribution is -2.30. The van der Waals surface area contributed by atoms with Crippen LogP contribution in [0.25, 0.3) is 0 Å². The highest BCUT2D eigenvalue weighted by Gasteiger charge is 2.42. The number of aromatic nitrogens is 1. The first-order valence-electron chi connectivity index (χ1n) is 10.8. The van der Waals surface area contributed by atoms with Gasteiger partial charge in [-0.3, -0.25) is 9.78 Å². The maximum Gasteiger partial charge on any atom is 0.229 e. The summed E-state index contributed by atoms with van der Waals surface area (Å²) in [5, 5.41) is 6.91. The molecular formula is C25H28N4O3S. The smallest absolute Gasteiger partial charge is 0.229 e. The fraction of sp³-hybridized carbons (Fsp3) is 0.320. The van der Waals surface area contributed by atoms with Crippen molar-refractivity contribution >= 4 is 34.6 Å². The number of hydrogen-bond acceptors (Lipinski definition) is 5. The summed E-state index contributed by atoms with van der Waals surface area (Å²) in [6.07, 6.45) is 1.77. The van der Waals surface area contributed by atoms with Crippen LogP contribution in [0.1, 0.15) is 50.1 Å². The third kappa shape index (κ3) is 4.57. The van der Waals surface area contributed by atoms with Gasteiger partial charge in [-0.15, -0.1) is 0 Å². The number of hydrogen-bond donors (Lipinski definition) is 2. The van der Waals surface area contributed by atoms with Gasteiger partial charge in [0.15, 0.2) is 5.11 Å². The Hall–Kier alpha value is -3.39. The fourth-order valence-corrected chi connectivity index (χ4v) is 4.12. The van der Waals surface area contributed by atoms with Gasteiger partial charge in [0.1, 0.15) is 23.3 Å². The summed E-state index contributed by atoms with van der Waals surface area (Å²) >= 11 is 5.75. The number of aryl methyl sites for hydroxylation is 1. The third-order valence-electron chi connectivity index (χ3n) is 5.54. The van der Waals surface area contributed by atoms with Crippen molar-refractivity contribution < 1.29 is 13.9 Å². The summed E-state index contributed by atoms with van der Waals surface area (Å²) in [5.74, 6) is 2.05. The first kappa shape index (κ1) is 22.8. The van der Waals surface area contributed by atoms with Crippen molar-refractivity contribution in [3.63, 3.8) is 0 Å². The van der Waals surface area contributed by atoms with Crippen molar-refractivity contribution in [3.8, 4) is 5.75 Å². The minimum atomic E-state index is -0.526. The molecule has 1 amide bonds. The Labute approximate surface area is 199 Å². The molecule has 2 atom stereocenters. The third-order valence-corrected chi connectivity index (χ3v) is 5.86. The summed E-state index contributed by atoms with van der Waals surface area (Å²) in [4.78, 5) is 19.1. The van der Waals surface area contributed by atoms with E-state index in [2.05, 4.69) is 15.6 Å². The number of amides is 1. The van der Waals surface area contributed by atoms with E-state index in [-0.39, 0.29) is 18.0 Å². The van der Waals surface area contributed by atoms with Crippen LogP contribution < -0.4 is 20.3 Å². The Morgan fingerprint density at radius 2 is 2.00 bits per heavy atom. The predicted octanol–water partition coefficient (Wildman–Crippen LogP) is 5.15. The van der Waals surface area contributed by atoms with Crippen LogP contribution in [0.3, 0.4) is 0 Å². The molecule has 0 unspecified atom stereocenters. The maximum atomic E-state index is 12.5. The summed E-state index contributed by atoms with van der Waals surface area (Å²) in [7, 11) is 1.58. The molecule has 0 saturated carbocycles. The number of furan rings is 1. The van der Waals surface area contributed by atoms with Crippen LogP contribution in [0.2, 0.25) is 0 Å². The zero-order chi connectivity index (χ0) is 23.8. The lowest BCUT2D eigenvalue weighted by molar-refractivity contribution is -0.123. The van der Waals surface area contributed by atoms with Crippen LogP contribution in [0.4, 0.5) is 11.4 Å². The van der Waals surface area contributed by atoms with Gasteiger partial charge in [-0.2, -0.15) is 0 Å². The highest BCUT2D eigenvalue weighted by molar-refractivity contribution is 7.80. The summed E-state index contributed by atoms with van der Waals surface area (Å²) in [6.45, 7) is 7.52. The minimum Gasteiger partial charge on any atom is -0.494 e. The average Bonchev–Trinajstić information content (AvgIpc) is 3.36. The minimum absolute atomic E-state index is 0.0916. The first-order chi connectivity index (χ1) is 15.7. The SMILES string of the molecule is COc1cc(N2C(=S)N[C@@H](c3ccccn3)[C@@H]2c2ccc(C)o2)ccc1NC(=O)C(C)(C)C. The van der Waals surface area contributed by atoms with E-state index < -0.39 is 5.41 Å². The van der Waals surface area contributed by atoms with Crippen LogP contribution in [0.15, 0.2) is 59.1 Å². The van der Waals surface area contributed by atoms with Crippen molar-refractivity contribution in [2.75, 3.05) is 17.3 Å². The number of carbonyl (C=O) groups is 1. The molecule has 3 aromatic rings. The van der Waals surface area contributed by atoms with E-state index in [1.165, 1.54) is 0 Å². The lowest BCUT2D eigenvalue weighted by Gasteiger charge is -2.27. The molecule has 0 bridgehead atoms. The molecule has 172 valence electrons. The van der Waals surface area contributed by atoms with Crippen LogP contribution >= 0.6 is 12.2 Å². The number of carbonyl (C=O) groups excluding carboxylic acids is 1. The molecule has 0 aliphatic carbocycles. The van der Waals surface area contributed by atoms with Crippen LogP contribution in [-0.4, -0.2) is 23.1 Å². The molecule has 1 saturated heterocycles. The second-order valence-electron chi connectivity index (χ2n) is 9.03. The zero-order valence-corrected chi connectivity index (χ0v) is 20.2. The van der Waals surface area contributed by atoms with Gasteiger partial charge in [-0.25, -0.2) is 0 Å². The Bertz CT molecular complexity index is 1170. The van der Waals surface area contributed by atoms with Gasteiger partial charge in [0.05, 0.1) is 24.5 Å². The predicted molar refractivity (Wildman–Crippen MR) is 132 cm³/mol. The average molecular weight is 465 g/mol.